The molecule has 0 atom stereocenters. The van der Waals surface area contributed by atoms with E-state index in [9.17, 15) is 12.8 Å². The molecule has 0 aliphatic rings. The van der Waals surface area contributed by atoms with Crippen LogP contribution in [0, 0.1) is 5.82 Å². The number of anilines is 1. The van der Waals surface area contributed by atoms with E-state index in [1.54, 1.807) is 6.07 Å². The minimum absolute atomic E-state index is 0.0469. The Labute approximate surface area is 116 Å². The van der Waals surface area contributed by atoms with E-state index in [0.29, 0.717) is 5.56 Å². The fourth-order valence-corrected chi connectivity index (χ4v) is 2.81. The maximum Gasteiger partial charge on any atom is 0.244 e. The Kier molecular flexibility index (Phi) is 4.01. The molecule has 1 aromatic carbocycles. The van der Waals surface area contributed by atoms with Crippen molar-refractivity contribution in [2.24, 2.45) is 0 Å². The van der Waals surface area contributed by atoms with Gasteiger partial charge in [0.1, 0.15) is 16.5 Å². The molecule has 0 amide bonds. The highest BCUT2D eigenvalue weighted by atomic mass is 32.2. The molecule has 7 heteroatoms. The molecular weight excluding hydrogens is 281 g/mol. The van der Waals surface area contributed by atoms with E-state index in [1.807, 2.05) is 0 Å². The Balaban J connectivity index is 2.23. The summed E-state index contributed by atoms with van der Waals surface area (Å²) in [5.74, 6) is -0.154. The average molecular weight is 295 g/mol. The molecule has 20 heavy (non-hydrogen) atoms. The van der Waals surface area contributed by atoms with Gasteiger partial charge in [0.15, 0.2) is 0 Å². The van der Waals surface area contributed by atoms with Gasteiger partial charge in [0, 0.05) is 19.8 Å². The van der Waals surface area contributed by atoms with Gasteiger partial charge in [-0.15, -0.1) is 0 Å². The number of benzene rings is 1. The zero-order valence-electron chi connectivity index (χ0n) is 10.8. The third kappa shape index (κ3) is 3.12. The van der Waals surface area contributed by atoms with Crippen molar-refractivity contribution < 1.29 is 12.8 Å². The monoisotopic (exact) mass is 295 g/mol. The predicted molar refractivity (Wildman–Crippen MR) is 73.7 cm³/mol. The summed E-state index contributed by atoms with van der Waals surface area (Å²) in [5, 5.41) is 0. The molecule has 106 valence electrons. The summed E-state index contributed by atoms with van der Waals surface area (Å²) in [5.41, 5.74) is 5.99. The highest BCUT2D eigenvalue weighted by Crippen LogP contribution is 2.17. The first-order valence-corrected chi connectivity index (χ1v) is 7.26. The van der Waals surface area contributed by atoms with Crippen LogP contribution in [0.5, 0.6) is 0 Å². The molecule has 0 saturated carbocycles. The molecule has 2 rings (SSSR count). The smallest absolute Gasteiger partial charge is 0.244 e. The summed E-state index contributed by atoms with van der Waals surface area (Å²) in [6.07, 6.45) is 1.20. The molecule has 0 aliphatic heterocycles. The predicted octanol–water partition coefficient (Wildman–Crippen LogP) is 1.62. The van der Waals surface area contributed by atoms with Gasteiger partial charge in [-0.2, -0.15) is 4.31 Å². The number of hydrogen-bond donors (Lipinski definition) is 1. The lowest BCUT2D eigenvalue weighted by Gasteiger charge is -2.17. The van der Waals surface area contributed by atoms with Gasteiger partial charge >= 0.3 is 0 Å². The van der Waals surface area contributed by atoms with Gasteiger partial charge in [0.05, 0.1) is 0 Å². The number of hydrogen-bond acceptors (Lipinski definition) is 4. The number of nitrogen functional groups attached to an aromatic ring is 1. The van der Waals surface area contributed by atoms with Crippen LogP contribution in [0.15, 0.2) is 47.5 Å². The fourth-order valence-electron chi connectivity index (χ4n) is 1.70. The number of pyridine rings is 1. The molecule has 0 aliphatic carbocycles. The summed E-state index contributed by atoms with van der Waals surface area (Å²) in [7, 11) is -2.25. The standard InChI is InChI=1S/C13H14FN3O2S/c1-17(9-10-3-2-4-11(14)7-10)20(18,19)12-5-6-13(15)16-8-12/h2-8H,9H2,1H3,(H2,15,16). The molecule has 0 spiro atoms. The second-order valence-corrected chi connectivity index (χ2v) is 6.35. The van der Waals surface area contributed by atoms with Crippen LogP contribution in [-0.4, -0.2) is 24.8 Å². The van der Waals surface area contributed by atoms with Gasteiger partial charge in [-0.3, -0.25) is 0 Å². The molecule has 1 heterocycles. The Bertz CT molecular complexity index is 702. The summed E-state index contributed by atoms with van der Waals surface area (Å²) in [6.45, 7) is 0.0739. The summed E-state index contributed by atoms with van der Waals surface area (Å²) in [4.78, 5) is 3.81. The van der Waals surface area contributed by atoms with Crippen molar-refractivity contribution in [3.63, 3.8) is 0 Å². The van der Waals surface area contributed by atoms with Gasteiger partial charge in [0.25, 0.3) is 0 Å². The Morgan fingerprint density at radius 1 is 1.30 bits per heavy atom. The first-order valence-electron chi connectivity index (χ1n) is 5.82. The maximum atomic E-state index is 13.1. The third-order valence-corrected chi connectivity index (χ3v) is 4.55. The molecular formula is C13H14FN3O2S. The number of aromatic nitrogens is 1. The number of sulfonamides is 1. The minimum atomic E-state index is -3.67. The van der Waals surface area contributed by atoms with Crippen molar-refractivity contribution in [2.75, 3.05) is 12.8 Å². The average Bonchev–Trinajstić information content (AvgIpc) is 2.39. The second-order valence-electron chi connectivity index (χ2n) is 4.31. The van der Waals surface area contributed by atoms with Crippen LogP contribution in [0.2, 0.25) is 0 Å². The van der Waals surface area contributed by atoms with E-state index in [-0.39, 0.29) is 17.3 Å². The number of rotatable bonds is 4. The van der Waals surface area contributed by atoms with Crippen molar-refractivity contribution in [1.29, 1.82) is 0 Å². The van der Waals surface area contributed by atoms with E-state index >= 15 is 0 Å². The summed E-state index contributed by atoms with van der Waals surface area (Å²) >= 11 is 0. The quantitative estimate of drug-likeness (QED) is 0.930. The SMILES string of the molecule is CN(Cc1cccc(F)c1)S(=O)(=O)c1ccc(N)nc1. The number of halogens is 1. The molecule has 0 radical (unpaired) electrons. The largest absolute Gasteiger partial charge is 0.384 e. The highest BCUT2D eigenvalue weighted by molar-refractivity contribution is 7.89. The topological polar surface area (TPSA) is 76.3 Å². The molecule has 5 nitrogen and oxygen atoms in total. The molecule has 1 aromatic heterocycles. The van der Waals surface area contributed by atoms with Crippen LogP contribution >= 0.6 is 0 Å². The van der Waals surface area contributed by atoms with Crippen LogP contribution in [0.1, 0.15) is 5.56 Å². The van der Waals surface area contributed by atoms with Crippen molar-refractivity contribution in [2.45, 2.75) is 11.4 Å². The lowest BCUT2D eigenvalue weighted by molar-refractivity contribution is 0.465. The van der Waals surface area contributed by atoms with Crippen LogP contribution in [0.3, 0.4) is 0 Å². The van der Waals surface area contributed by atoms with Gasteiger partial charge in [-0.05, 0) is 29.8 Å². The van der Waals surface area contributed by atoms with Gasteiger partial charge in [-0.1, -0.05) is 12.1 Å². The molecule has 0 bridgehead atoms. The van der Waals surface area contributed by atoms with Crippen LogP contribution < -0.4 is 5.73 Å². The van der Waals surface area contributed by atoms with Crippen molar-refractivity contribution in [1.82, 2.24) is 9.29 Å². The van der Waals surface area contributed by atoms with E-state index in [4.69, 9.17) is 5.73 Å². The van der Waals surface area contributed by atoms with Crippen LogP contribution in [0.25, 0.3) is 0 Å². The third-order valence-electron chi connectivity index (χ3n) is 2.76. The number of nitrogens with two attached hydrogens (primary N) is 1. The Hall–Kier alpha value is -1.99. The second kappa shape index (κ2) is 5.56. The molecule has 0 fully saturated rings. The lowest BCUT2D eigenvalue weighted by Crippen LogP contribution is -2.26. The maximum absolute atomic E-state index is 13.1. The van der Waals surface area contributed by atoms with Gasteiger partial charge in [-0.25, -0.2) is 17.8 Å². The highest BCUT2D eigenvalue weighted by Gasteiger charge is 2.21. The zero-order chi connectivity index (χ0) is 14.8. The molecule has 2 aromatic rings. The summed E-state index contributed by atoms with van der Waals surface area (Å²) in [6, 6.07) is 8.62. The van der Waals surface area contributed by atoms with E-state index in [2.05, 4.69) is 4.98 Å². The zero-order valence-corrected chi connectivity index (χ0v) is 11.6. The van der Waals surface area contributed by atoms with Crippen molar-refractivity contribution in [3.8, 4) is 0 Å². The lowest BCUT2D eigenvalue weighted by atomic mass is 10.2. The van der Waals surface area contributed by atoms with E-state index in [0.717, 1.165) is 4.31 Å². The first-order chi connectivity index (χ1) is 9.39. The molecule has 0 saturated heterocycles. The van der Waals surface area contributed by atoms with Crippen LogP contribution in [-0.2, 0) is 16.6 Å². The minimum Gasteiger partial charge on any atom is -0.384 e. The Morgan fingerprint density at radius 3 is 2.65 bits per heavy atom. The summed E-state index contributed by atoms with van der Waals surface area (Å²) < 4.78 is 38.8. The van der Waals surface area contributed by atoms with Gasteiger partial charge in [0.2, 0.25) is 10.0 Å². The van der Waals surface area contributed by atoms with Crippen molar-refractivity contribution >= 4 is 15.8 Å². The van der Waals surface area contributed by atoms with Crippen LogP contribution in [0.4, 0.5) is 10.2 Å². The van der Waals surface area contributed by atoms with E-state index in [1.165, 1.54) is 43.6 Å². The fraction of sp³-hybridized carbons (Fsp3) is 0.154. The molecule has 2 N–H and O–H groups in total. The van der Waals surface area contributed by atoms with Gasteiger partial charge < -0.3 is 5.73 Å². The van der Waals surface area contributed by atoms with E-state index < -0.39 is 15.8 Å². The Morgan fingerprint density at radius 2 is 2.05 bits per heavy atom. The molecule has 0 unspecified atom stereocenters. The van der Waals surface area contributed by atoms with Crippen molar-refractivity contribution in [3.05, 3.63) is 54.0 Å². The number of nitrogens with zero attached hydrogens (tertiary/aromatic N) is 2. The normalized spacial score (nSPS) is 11.8. The first kappa shape index (κ1) is 14.4.